The van der Waals surface area contributed by atoms with Crippen LogP contribution in [-0.2, 0) is 22.5 Å². The molecule has 6 rings (SSSR count). The molecule has 1 atom stereocenters. The van der Waals surface area contributed by atoms with Gasteiger partial charge in [0.1, 0.15) is 0 Å². The van der Waals surface area contributed by atoms with E-state index >= 15 is 0 Å². The van der Waals surface area contributed by atoms with Gasteiger partial charge >= 0.3 is 0 Å². The van der Waals surface area contributed by atoms with Gasteiger partial charge in [0.2, 0.25) is 0 Å². The fraction of sp³-hybridized carbons (Fsp3) is 0.292. The number of fused-ring (bicyclic) bond motifs is 6. The number of aryl methyl sites for hydroxylation is 2. The fourth-order valence-corrected chi connectivity index (χ4v) is 5.64. The molecule has 0 bridgehead atoms. The highest BCUT2D eigenvalue weighted by molar-refractivity contribution is 7.94. The summed E-state index contributed by atoms with van der Waals surface area (Å²) in [5, 5.41) is 12.0. The molecule has 5 nitrogen and oxygen atoms in total. The maximum Gasteiger partial charge on any atom is 0.0847 e. The first-order valence-corrected chi connectivity index (χ1v) is 12.0. The fourth-order valence-electron chi connectivity index (χ4n) is 4.89. The molecule has 158 valence electrons. The summed E-state index contributed by atoms with van der Waals surface area (Å²) >= 11 is 1.42. The van der Waals surface area contributed by atoms with Crippen LogP contribution in [0.15, 0.2) is 47.5 Å². The zero-order valence-corrected chi connectivity index (χ0v) is 19.6. The molecule has 2 N–H and O–H groups in total. The van der Waals surface area contributed by atoms with Crippen molar-refractivity contribution in [1.29, 1.82) is 0 Å². The van der Waals surface area contributed by atoms with Gasteiger partial charge < -0.3 is 4.98 Å². The predicted octanol–water partition coefficient (Wildman–Crippen LogP) is 5.28. The molecule has 0 radical (unpaired) electrons. The lowest BCUT2D eigenvalue weighted by atomic mass is 9.86. The first kappa shape index (κ1) is 19.4. The molecular formula is C24H25N4OPS. The Hall–Kier alpha value is -2.27. The second-order valence-electron chi connectivity index (χ2n) is 9.16. The Kier molecular flexibility index (Phi) is 4.46. The van der Waals surface area contributed by atoms with Crippen LogP contribution in [0.4, 0.5) is 5.69 Å². The predicted molar refractivity (Wildman–Crippen MR) is 131 cm³/mol. The van der Waals surface area contributed by atoms with Crippen LogP contribution in [0.5, 0.6) is 0 Å². The number of hydroxylamine groups is 1. The van der Waals surface area contributed by atoms with Crippen LogP contribution >= 0.6 is 21.3 Å². The van der Waals surface area contributed by atoms with E-state index in [0.717, 1.165) is 36.4 Å². The lowest BCUT2D eigenvalue weighted by Gasteiger charge is -2.20. The molecule has 31 heavy (non-hydrogen) atoms. The van der Waals surface area contributed by atoms with Gasteiger partial charge in [-0.3, -0.25) is 5.10 Å². The number of H-pyrrole nitrogens is 2. The smallest absolute Gasteiger partial charge is 0.0847 e. The SMILES string of the molecule is CC1(C)CN(OSc2ccc(P)cc2)c2cc3c4c([nH]c3cc21)-c1[nH]ncc1CCC4. The molecule has 0 amide bonds. The van der Waals surface area contributed by atoms with Gasteiger partial charge in [-0.1, -0.05) is 26.0 Å². The molecule has 4 aromatic rings. The van der Waals surface area contributed by atoms with Crippen LogP contribution < -0.4 is 10.4 Å². The molecule has 1 unspecified atom stereocenters. The van der Waals surface area contributed by atoms with Crippen molar-refractivity contribution in [2.24, 2.45) is 0 Å². The quantitative estimate of drug-likeness (QED) is 0.331. The summed E-state index contributed by atoms with van der Waals surface area (Å²) in [4.78, 5) is 4.80. The van der Waals surface area contributed by atoms with Crippen molar-refractivity contribution in [3.63, 3.8) is 0 Å². The van der Waals surface area contributed by atoms with E-state index < -0.39 is 0 Å². The first-order valence-electron chi connectivity index (χ1n) is 10.7. The van der Waals surface area contributed by atoms with Gasteiger partial charge in [0, 0.05) is 21.2 Å². The molecule has 0 saturated heterocycles. The number of benzene rings is 2. The Morgan fingerprint density at radius 1 is 1.13 bits per heavy atom. The van der Waals surface area contributed by atoms with Gasteiger partial charge in [-0.25, -0.2) is 5.06 Å². The molecule has 1 aliphatic carbocycles. The molecule has 0 fully saturated rings. The molecule has 1 aliphatic heterocycles. The highest BCUT2D eigenvalue weighted by atomic mass is 32.2. The van der Waals surface area contributed by atoms with Crippen molar-refractivity contribution < 1.29 is 4.28 Å². The van der Waals surface area contributed by atoms with Crippen LogP contribution in [-0.4, -0.2) is 21.7 Å². The number of aromatic amines is 2. The van der Waals surface area contributed by atoms with Crippen LogP contribution in [0.1, 0.15) is 37.0 Å². The Morgan fingerprint density at radius 2 is 1.97 bits per heavy atom. The third kappa shape index (κ3) is 3.20. The number of rotatable bonds is 3. The van der Waals surface area contributed by atoms with E-state index in [1.54, 1.807) is 0 Å². The number of nitrogens with zero attached hydrogens (tertiary/aromatic N) is 2. The Morgan fingerprint density at radius 3 is 2.81 bits per heavy atom. The van der Waals surface area contributed by atoms with E-state index in [4.69, 9.17) is 4.28 Å². The number of anilines is 1. The normalized spacial score (nSPS) is 16.8. The minimum absolute atomic E-state index is 0.00958. The van der Waals surface area contributed by atoms with Crippen LogP contribution in [0.25, 0.3) is 22.3 Å². The van der Waals surface area contributed by atoms with Gasteiger partial charge in [-0.15, -0.1) is 9.24 Å². The maximum atomic E-state index is 6.25. The van der Waals surface area contributed by atoms with Gasteiger partial charge in [0.05, 0.1) is 41.9 Å². The summed E-state index contributed by atoms with van der Waals surface area (Å²) in [5.41, 5.74) is 8.72. The van der Waals surface area contributed by atoms with Gasteiger partial charge in [-0.05, 0) is 65.5 Å². The van der Waals surface area contributed by atoms with E-state index in [2.05, 4.69) is 79.7 Å². The Balaban J connectivity index is 1.41. The van der Waals surface area contributed by atoms with E-state index in [1.807, 2.05) is 6.20 Å². The third-order valence-corrected chi connectivity index (χ3v) is 7.61. The highest BCUT2D eigenvalue weighted by Gasteiger charge is 2.37. The number of aromatic nitrogens is 3. The minimum atomic E-state index is 0.00958. The van der Waals surface area contributed by atoms with E-state index in [0.29, 0.717) is 0 Å². The molecule has 2 aromatic heterocycles. The standard InChI is InChI=1S/C24H25N4OPS/c1-24(2)13-28(29-31-16-8-6-15(30)7-9-16)21-10-18-17-5-3-4-14-12-25-27-22(14)23(17)26-20(18)11-19(21)24/h6-12,26H,3-5,13,30H2,1-2H3,(H,25,27). The zero-order valence-electron chi connectivity index (χ0n) is 17.7. The summed E-state index contributed by atoms with van der Waals surface area (Å²) in [6, 6.07) is 13.0. The third-order valence-electron chi connectivity index (χ3n) is 6.50. The summed E-state index contributed by atoms with van der Waals surface area (Å²) in [6.07, 6.45) is 5.23. The molecule has 0 saturated carbocycles. The minimum Gasteiger partial charge on any atom is -0.353 e. The summed E-state index contributed by atoms with van der Waals surface area (Å²) < 4.78 is 6.25. The van der Waals surface area contributed by atoms with Crippen molar-refractivity contribution in [2.75, 3.05) is 11.6 Å². The van der Waals surface area contributed by atoms with E-state index in [-0.39, 0.29) is 5.41 Å². The zero-order chi connectivity index (χ0) is 21.2. The average molecular weight is 449 g/mol. The molecular weight excluding hydrogens is 423 g/mol. The molecule has 7 heteroatoms. The van der Waals surface area contributed by atoms with Crippen molar-refractivity contribution in [3.05, 3.63) is 59.3 Å². The Bertz CT molecular complexity index is 1290. The van der Waals surface area contributed by atoms with Crippen molar-refractivity contribution in [2.45, 2.75) is 43.4 Å². The maximum absolute atomic E-state index is 6.25. The molecule has 2 aromatic carbocycles. The summed E-state index contributed by atoms with van der Waals surface area (Å²) in [7, 11) is 2.72. The topological polar surface area (TPSA) is 56.9 Å². The second-order valence-corrected chi connectivity index (χ2v) is 10.6. The molecule has 0 spiro atoms. The lowest BCUT2D eigenvalue weighted by Crippen LogP contribution is -2.26. The largest absolute Gasteiger partial charge is 0.353 e. The van der Waals surface area contributed by atoms with Crippen LogP contribution in [0.3, 0.4) is 0 Å². The van der Waals surface area contributed by atoms with Crippen molar-refractivity contribution in [3.8, 4) is 11.4 Å². The second kappa shape index (κ2) is 7.13. The van der Waals surface area contributed by atoms with Crippen LogP contribution in [0, 0.1) is 0 Å². The molecule has 2 aliphatic rings. The highest BCUT2D eigenvalue weighted by Crippen LogP contribution is 2.46. The number of hydrogen-bond donors (Lipinski definition) is 2. The Labute approximate surface area is 188 Å². The number of nitrogens with one attached hydrogen (secondary N) is 2. The van der Waals surface area contributed by atoms with E-state index in [9.17, 15) is 0 Å². The summed E-state index contributed by atoms with van der Waals surface area (Å²) in [5.74, 6) is 0. The summed E-state index contributed by atoms with van der Waals surface area (Å²) in [6.45, 7) is 5.40. The average Bonchev–Trinajstić information content (AvgIpc) is 3.38. The van der Waals surface area contributed by atoms with Gasteiger partial charge in [0.25, 0.3) is 0 Å². The lowest BCUT2D eigenvalue weighted by molar-refractivity contribution is 0.315. The molecule has 3 heterocycles. The van der Waals surface area contributed by atoms with Gasteiger partial charge in [0.15, 0.2) is 0 Å². The van der Waals surface area contributed by atoms with Crippen molar-refractivity contribution >= 4 is 43.2 Å². The van der Waals surface area contributed by atoms with Crippen LogP contribution in [0.2, 0.25) is 0 Å². The number of hydrogen-bond acceptors (Lipinski definition) is 4. The van der Waals surface area contributed by atoms with Gasteiger partial charge in [-0.2, -0.15) is 9.38 Å². The van der Waals surface area contributed by atoms with Crippen molar-refractivity contribution in [1.82, 2.24) is 15.2 Å². The monoisotopic (exact) mass is 448 g/mol. The van der Waals surface area contributed by atoms with E-state index in [1.165, 1.54) is 56.3 Å². The first-order chi connectivity index (χ1) is 15.0.